The second-order valence-corrected chi connectivity index (χ2v) is 7.97. The predicted octanol–water partition coefficient (Wildman–Crippen LogP) is 6.40. The van der Waals surface area contributed by atoms with Gasteiger partial charge in [-0.2, -0.15) is 13.2 Å². The van der Waals surface area contributed by atoms with Crippen LogP contribution in [0, 0.1) is 6.57 Å². The maximum absolute atomic E-state index is 13.5. The molecule has 0 unspecified atom stereocenters. The summed E-state index contributed by atoms with van der Waals surface area (Å²) in [5, 5.41) is 0.310. The summed E-state index contributed by atoms with van der Waals surface area (Å²) in [6.45, 7) is 13.2. The van der Waals surface area contributed by atoms with Gasteiger partial charge in [0.05, 0.1) is 12.1 Å². The second kappa shape index (κ2) is 8.64. The van der Waals surface area contributed by atoms with E-state index in [1.807, 2.05) is 4.90 Å². The Hall–Kier alpha value is -2.23. The van der Waals surface area contributed by atoms with Crippen LogP contribution in [-0.4, -0.2) is 30.1 Å². The summed E-state index contributed by atoms with van der Waals surface area (Å²) in [6.07, 6.45) is -3.55. The lowest BCUT2D eigenvalue weighted by atomic mass is 10.0. The monoisotopic (exact) mass is 421 g/mol. The third-order valence-electron chi connectivity index (χ3n) is 5.41. The summed E-state index contributed by atoms with van der Waals surface area (Å²) in [5.74, 6) is 0. The van der Waals surface area contributed by atoms with Crippen LogP contribution < -0.4 is 4.90 Å². The molecule has 1 atom stereocenters. The maximum Gasteiger partial charge on any atom is 0.416 e. The lowest BCUT2D eigenvalue weighted by molar-refractivity contribution is -0.138. The molecule has 0 amide bonds. The van der Waals surface area contributed by atoms with Gasteiger partial charge in [0.15, 0.2) is 0 Å². The molecule has 0 spiro atoms. The third kappa shape index (κ3) is 4.85. The van der Waals surface area contributed by atoms with E-state index < -0.39 is 11.7 Å². The molecule has 1 fully saturated rings. The second-order valence-electron chi connectivity index (χ2n) is 7.56. The topological polar surface area (TPSA) is 10.8 Å². The van der Waals surface area contributed by atoms with Crippen LogP contribution in [0.1, 0.15) is 31.4 Å². The molecule has 0 aromatic heterocycles. The minimum absolute atomic E-state index is 0.0635. The summed E-state index contributed by atoms with van der Waals surface area (Å²) in [6, 6.07) is 11.2. The highest BCUT2D eigenvalue weighted by molar-refractivity contribution is 6.33. The van der Waals surface area contributed by atoms with E-state index in [2.05, 4.69) is 23.6 Å². The molecule has 7 heteroatoms. The van der Waals surface area contributed by atoms with Crippen LogP contribution in [0.5, 0.6) is 0 Å². The Morgan fingerprint density at radius 2 is 1.97 bits per heavy atom. The summed E-state index contributed by atoms with van der Waals surface area (Å²) >= 11 is 6.24. The average Bonchev–Trinajstić information content (AvgIpc) is 3.16. The van der Waals surface area contributed by atoms with Gasteiger partial charge in [-0.3, -0.25) is 4.90 Å². The fourth-order valence-corrected chi connectivity index (χ4v) is 4.02. The fourth-order valence-electron chi connectivity index (χ4n) is 3.81. The van der Waals surface area contributed by atoms with Crippen molar-refractivity contribution in [3.8, 4) is 0 Å². The normalized spacial score (nSPS) is 17.5. The van der Waals surface area contributed by atoms with E-state index >= 15 is 0 Å². The largest absolute Gasteiger partial charge is 0.416 e. The van der Waals surface area contributed by atoms with Crippen LogP contribution in [0.15, 0.2) is 42.5 Å². The third-order valence-corrected chi connectivity index (χ3v) is 5.72. The first-order chi connectivity index (χ1) is 13.7. The zero-order valence-electron chi connectivity index (χ0n) is 16.4. The zero-order chi connectivity index (χ0) is 21.2. The van der Waals surface area contributed by atoms with Crippen LogP contribution in [0.25, 0.3) is 4.85 Å². The van der Waals surface area contributed by atoms with Crippen molar-refractivity contribution in [1.82, 2.24) is 4.90 Å². The van der Waals surface area contributed by atoms with Gasteiger partial charge < -0.3 is 4.90 Å². The minimum Gasteiger partial charge on any atom is -0.363 e. The van der Waals surface area contributed by atoms with Crippen molar-refractivity contribution < 1.29 is 13.2 Å². The smallest absolute Gasteiger partial charge is 0.363 e. The van der Waals surface area contributed by atoms with Gasteiger partial charge in [-0.05, 0) is 44.0 Å². The first-order valence-corrected chi connectivity index (χ1v) is 9.91. The molecule has 0 aliphatic carbocycles. The SMILES string of the molecule is [C-]#[N+]c1ccc(N(Cc2ccccc2C(F)(F)F)[C@H]2CCN(C(C)C)C2)cc1Cl. The van der Waals surface area contributed by atoms with Crippen LogP contribution in [-0.2, 0) is 12.7 Å². The predicted molar refractivity (Wildman–Crippen MR) is 110 cm³/mol. The number of hydrogen-bond acceptors (Lipinski definition) is 2. The number of nitrogens with zero attached hydrogens (tertiary/aromatic N) is 3. The number of likely N-dealkylation sites (tertiary alicyclic amines) is 1. The summed E-state index contributed by atoms with van der Waals surface area (Å²) in [7, 11) is 0. The van der Waals surface area contributed by atoms with Crippen LogP contribution >= 0.6 is 11.6 Å². The molecule has 3 rings (SSSR count). The molecule has 0 N–H and O–H groups in total. The molecular weight excluding hydrogens is 399 g/mol. The first kappa shape index (κ1) is 21.5. The Labute approximate surface area is 174 Å². The van der Waals surface area contributed by atoms with Gasteiger partial charge in [0.1, 0.15) is 0 Å². The van der Waals surface area contributed by atoms with Crippen molar-refractivity contribution >= 4 is 23.0 Å². The number of alkyl halides is 3. The van der Waals surface area contributed by atoms with Crippen molar-refractivity contribution in [1.29, 1.82) is 0 Å². The molecule has 154 valence electrons. The molecular formula is C22H23ClF3N3. The maximum atomic E-state index is 13.5. The van der Waals surface area contributed by atoms with E-state index in [1.165, 1.54) is 12.1 Å². The molecule has 2 aromatic carbocycles. The van der Waals surface area contributed by atoms with E-state index in [4.69, 9.17) is 18.2 Å². The number of halogens is 4. The lowest BCUT2D eigenvalue weighted by Crippen LogP contribution is -2.39. The molecule has 0 bridgehead atoms. The molecule has 1 aliphatic rings. The first-order valence-electron chi connectivity index (χ1n) is 9.53. The van der Waals surface area contributed by atoms with E-state index in [9.17, 15) is 13.2 Å². The highest BCUT2D eigenvalue weighted by Crippen LogP contribution is 2.36. The number of rotatable bonds is 5. The van der Waals surface area contributed by atoms with Gasteiger partial charge in [-0.15, -0.1) is 0 Å². The van der Waals surface area contributed by atoms with Gasteiger partial charge in [0, 0.05) is 42.4 Å². The zero-order valence-corrected chi connectivity index (χ0v) is 17.1. The fraction of sp³-hybridized carbons (Fsp3) is 0.409. The standard InChI is InChI=1S/C22H23ClF3N3/c1-15(2)28-11-10-18(14-28)29(17-8-9-21(27-3)20(23)12-17)13-16-6-4-5-7-19(16)22(24,25)26/h4-9,12,15,18H,10-11,13-14H2,1-2H3/t18-/m0/s1. The Balaban J connectivity index is 1.99. The Kier molecular flexibility index (Phi) is 6.40. The Bertz CT molecular complexity index is 905. The van der Waals surface area contributed by atoms with Crippen molar-refractivity contribution in [2.45, 2.75) is 45.1 Å². The molecule has 29 heavy (non-hydrogen) atoms. The molecule has 0 radical (unpaired) electrons. The highest BCUT2D eigenvalue weighted by atomic mass is 35.5. The van der Waals surface area contributed by atoms with Crippen molar-refractivity contribution in [2.75, 3.05) is 18.0 Å². The van der Waals surface area contributed by atoms with Crippen molar-refractivity contribution in [3.05, 3.63) is 70.0 Å². The van der Waals surface area contributed by atoms with Gasteiger partial charge >= 0.3 is 6.18 Å². The minimum atomic E-state index is -4.41. The van der Waals surface area contributed by atoms with Crippen molar-refractivity contribution in [2.24, 2.45) is 0 Å². The lowest BCUT2D eigenvalue weighted by Gasteiger charge is -2.33. The van der Waals surface area contributed by atoms with Crippen LogP contribution in [0.3, 0.4) is 0 Å². The van der Waals surface area contributed by atoms with E-state index in [0.717, 1.165) is 31.3 Å². The van der Waals surface area contributed by atoms with E-state index in [0.29, 0.717) is 16.8 Å². The summed E-state index contributed by atoms with van der Waals surface area (Å²) in [4.78, 5) is 7.69. The molecule has 1 heterocycles. The van der Waals surface area contributed by atoms with E-state index in [1.54, 1.807) is 24.3 Å². The van der Waals surface area contributed by atoms with Crippen LogP contribution in [0.2, 0.25) is 5.02 Å². The van der Waals surface area contributed by atoms with Gasteiger partial charge in [-0.25, -0.2) is 4.85 Å². The van der Waals surface area contributed by atoms with Gasteiger partial charge in [0.2, 0.25) is 5.69 Å². The summed E-state index contributed by atoms with van der Waals surface area (Å²) < 4.78 is 40.6. The number of anilines is 1. The Morgan fingerprint density at radius 3 is 2.55 bits per heavy atom. The van der Waals surface area contributed by atoms with E-state index in [-0.39, 0.29) is 18.2 Å². The van der Waals surface area contributed by atoms with Crippen molar-refractivity contribution in [3.63, 3.8) is 0 Å². The van der Waals surface area contributed by atoms with Crippen LogP contribution in [0.4, 0.5) is 24.5 Å². The van der Waals surface area contributed by atoms with Gasteiger partial charge in [0.25, 0.3) is 0 Å². The number of hydrogen-bond donors (Lipinski definition) is 0. The molecule has 2 aromatic rings. The molecule has 1 saturated heterocycles. The molecule has 3 nitrogen and oxygen atoms in total. The molecule has 0 saturated carbocycles. The van der Waals surface area contributed by atoms with Gasteiger partial charge in [-0.1, -0.05) is 35.9 Å². The highest BCUT2D eigenvalue weighted by Gasteiger charge is 2.35. The average molecular weight is 422 g/mol. The summed E-state index contributed by atoms with van der Waals surface area (Å²) in [5.41, 5.74) is 0.678. The number of benzene rings is 2. The Morgan fingerprint density at radius 1 is 1.24 bits per heavy atom. The quantitative estimate of drug-likeness (QED) is 0.517. The molecule has 1 aliphatic heterocycles.